The van der Waals surface area contributed by atoms with Crippen molar-refractivity contribution < 1.29 is 0 Å². The van der Waals surface area contributed by atoms with Gasteiger partial charge in [-0.05, 0) is 30.7 Å². The van der Waals surface area contributed by atoms with Crippen molar-refractivity contribution in [3.63, 3.8) is 0 Å². The van der Waals surface area contributed by atoms with Crippen molar-refractivity contribution in [2.24, 2.45) is 0 Å². The summed E-state index contributed by atoms with van der Waals surface area (Å²) in [6.45, 7) is 4.67. The summed E-state index contributed by atoms with van der Waals surface area (Å²) in [4.78, 5) is 1.46. The van der Waals surface area contributed by atoms with Crippen LogP contribution in [0.1, 0.15) is 43.5 Å². The van der Waals surface area contributed by atoms with Gasteiger partial charge in [0.05, 0.1) is 6.04 Å². The van der Waals surface area contributed by atoms with E-state index in [-0.39, 0.29) is 0 Å². The van der Waals surface area contributed by atoms with Gasteiger partial charge < -0.3 is 0 Å². The number of piperidine rings is 1. The van der Waals surface area contributed by atoms with Crippen molar-refractivity contribution in [2.75, 3.05) is 13.1 Å². The van der Waals surface area contributed by atoms with Crippen molar-refractivity contribution in [1.82, 2.24) is 10.4 Å². The van der Waals surface area contributed by atoms with Gasteiger partial charge in [-0.25, -0.2) is 10.4 Å². The summed E-state index contributed by atoms with van der Waals surface area (Å²) in [7, 11) is 0. The number of hydrogen-bond acceptors (Lipinski definition) is 3. The minimum Gasteiger partial charge on any atom is -0.247 e. The molecule has 1 aromatic heterocycles. The molecule has 1 aliphatic heterocycles. The van der Waals surface area contributed by atoms with E-state index in [0.717, 1.165) is 6.42 Å². The molecule has 1 aliphatic rings. The van der Waals surface area contributed by atoms with E-state index in [4.69, 9.17) is 0 Å². The Kier molecular flexibility index (Phi) is 4.18. The fourth-order valence-corrected chi connectivity index (χ4v) is 2.94. The summed E-state index contributed by atoms with van der Waals surface area (Å²) in [5, 5.41) is 4.56. The van der Waals surface area contributed by atoms with E-state index >= 15 is 0 Å². The second-order valence-corrected chi connectivity index (χ2v) is 5.13. The second-order valence-electron chi connectivity index (χ2n) is 4.15. The van der Waals surface area contributed by atoms with Gasteiger partial charge in [-0.15, -0.1) is 11.3 Å². The van der Waals surface area contributed by atoms with E-state index in [2.05, 4.69) is 34.9 Å². The van der Waals surface area contributed by atoms with Crippen molar-refractivity contribution in [3.05, 3.63) is 22.4 Å². The second kappa shape index (κ2) is 5.64. The first kappa shape index (κ1) is 11.1. The molecular formula is C12H20N2S. The number of hydrogen-bond donors (Lipinski definition) is 1. The first-order valence-electron chi connectivity index (χ1n) is 5.94. The molecule has 2 rings (SSSR count). The minimum absolute atomic E-state index is 0.517. The molecule has 0 amide bonds. The predicted molar refractivity (Wildman–Crippen MR) is 65.9 cm³/mol. The van der Waals surface area contributed by atoms with Gasteiger partial charge in [0.1, 0.15) is 0 Å². The van der Waals surface area contributed by atoms with E-state index in [1.165, 1.54) is 37.2 Å². The van der Waals surface area contributed by atoms with Crippen LogP contribution in [0.25, 0.3) is 0 Å². The smallest absolute Gasteiger partial charge is 0.0555 e. The summed E-state index contributed by atoms with van der Waals surface area (Å²) >= 11 is 1.86. The summed E-state index contributed by atoms with van der Waals surface area (Å²) in [6.07, 6.45) is 5.24. The molecule has 0 saturated carbocycles. The van der Waals surface area contributed by atoms with Gasteiger partial charge in [-0.1, -0.05) is 19.4 Å². The third-order valence-electron chi connectivity index (χ3n) is 2.99. The van der Waals surface area contributed by atoms with Crippen LogP contribution in [0, 0.1) is 0 Å². The Morgan fingerprint density at radius 1 is 1.40 bits per heavy atom. The SMILES string of the molecule is CCC(NN1CCCCC1)c1cccs1. The molecule has 0 aliphatic carbocycles. The molecule has 1 aromatic rings. The molecule has 1 unspecified atom stereocenters. The number of thiophene rings is 1. The van der Waals surface area contributed by atoms with E-state index in [9.17, 15) is 0 Å². The molecule has 1 atom stereocenters. The van der Waals surface area contributed by atoms with Gasteiger partial charge in [0.25, 0.3) is 0 Å². The number of rotatable bonds is 4. The average molecular weight is 224 g/mol. The molecule has 1 saturated heterocycles. The third kappa shape index (κ3) is 3.03. The summed E-state index contributed by atoms with van der Waals surface area (Å²) in [6, 6.07) is 4.89. The zero-order chi connectivity index (χ0) is 10.5. The summed E-state index contributed by atoms with van der Waals surface area (Å²) in [5.41, 5.74) is 3.65. The van der Waals surface area contributed by atoms with Gasteiger partial charge in [0.15, 0.2) is 0 Å². The summed E-state index contributed by atoms with van der Waals surface area (Å²) in [5.74, 6) is 0. The van der Waals surface area contributed by atoms with E-state index in [1.807, 2.05) is 11.3 Å². The maximum Gasteiger partial charge on any atom is 0.0555 e. The largest absolute Gasteiger partial charge is 0.247 e. The van der Waals surface area contributed by atoms with Crippen LogP contribution in [0.5, 0.6) is 0 Å². The summed E-state index contributed by atoms with van der Waals surface area (Å²) < 4.78 is 0. The van der Waals surface area contributed by atoms with Crippen LogP contribution in [-0.4, -0.2) is 18.1 Å². The molecule has 1 fully saturated rings. The van der Waals surface area contributed by atoms with Crippen molar-refractivity contribution in [1.29, 1.82) is 0 Å². The monoisotopic (exact) mass is 224 g/mol. The van der Waals surface area contributed by atoms with Gasteiger partial charge in [-0.3, -0.25) is 0 Å². The Bertz CT molecular complexity index is 265. The fraction of sp³-hybridized carbons (Fsp3) is 0.667. The maximum atomic E-state index is 3.65. The average Bonchev–Trinajstić information content (AvgIpc) is 2.81. The normalized spacial score (nSPS) is 20.3. The van der Waals surface area contributed by atoms with Gasteiger partial charge in [0, 0.05) is 18.0 Å². The van der Waals surface area contributed by atoms with Crippen molar-refractivity contribution in [3.8, 4) is 0 Å². The van der Waals surface area contributed by atoms with Gasteiger partial charge in [-0.2, -0.15) is 0 Å². The zero-order valence-electron chi connectivity index (χ0n) is 9.41. The fourth-order valence-electron chi connectivity index (χ4n) is 2.09. The highest BCUT2D eigenvalue weighted by Crippen LogP contribution is 2.22. The quantitative estimate of drug-likeness (QED) is 0.845. The van der Waals surface area contributed by atoms with E-state index in [1.54, 1.807) is 0 Å². The van der Waals surface area contributed by atoms with Gasteiger partial charge in [0.2, 0.25) is 0 Å². The molecule has 2 nitrogen and oxygen atoms in total. The zero-order valence-corrected chi connectivity index (χ0v) is 10.2. The Morgan fingerprint density at radius 2 is 2.20 bits per heavy atom. The third-order valence-corrected chi connectivity index (χ3v) is 3.98. The van der Waals surface area contributed by atoms with Crippen molar-refractivity contribution >= 4 is 11.3 Å². The highest BCUT2D eigenvalue weighted by atomic mass is 32.1. The van der Waals surface area contributed by atoms with Crippen LogP contribution < -0.4 is 5.43 Å². The highest BCUT2D eigenvalue weighted by Gasteiger charge is 2.15. The number of hydrazine groups is 1. The lowest BCUT2D eigenvalue weighted by Gasteiger charge is -2.31. The minimum atomic E-state index is 0.517. The van der Waals surface area contributed by atoms with Crippen LogP contribution in [0.2, 0.25) is 0 Å². The molecule has 0 spiro atoms. The maximum absolute atomic E-state index is 3.65. The van der Waals surface area contributed by atoms with Crippen LogP contribution in [-0.2, 0) is 0 Å². The number of nitrogens with zero attached hydrogens (tertiary/aromatic N) is 1. The molecule has 1 N–H and O–H groups in total. The molecular weight excluding hydrogens is 204 g/mol. The van der Waals surface area contributed by atoms with Crippen LogP contribution in [0.4, 0.5) is 0 Å². The Labute approximate surface area is 96.3 Å². The van der Waals surface area contributed by atoms with Crippen LogP contribution >= 0.6 is 11.3 Å². The van der Waals surface area contributed by atoms with Crippen molar-refractivity contribution in [2.45, 2.75) is 38.6 Å². The highest BCUT2D eigenvalue weighted by molar-refractivity contribution is 7.10. The molecule has 0 bridgehead atoms. The molecule has 2 heterocycles. The lowest BCUT2D eigenvalue weighted by Crippen LogP contribution is -2.43. The standard InChI is InChI=1S/C12H20N2S/c1-2-11(12-7-6-10-15-12)13-14-8-4-3-5-9-14/h6-7,10-11,13H,2-5,8-9H2,1H3. The predicted octanol–water partition coefficient (Wildman–Crippen LogP) is 3.19. The Balaban J connectivity index is 1.90. The lowest BCUT2D eigenvalue weighted by molar-refractivity contribution is 0.127. The van der Waals surface area contributed by atoms with E-state index < -0.39 is 0 Å². The molecule has 15 heavy (non-hydrogen) atoms. The first-order valence-corrected chi connectivity index (χ1v) is 6.82. The van der Waals surface area contributed by atoms with Gasteiger partial charge >= 0.3 is 0 Å². The molecule has 84 valence electrons. The van der Waals surface area contributed by atoms with Crippen LogP contribution in [0.15, 0.2) is 17.5 Å². The molecule has 3 heteroatoms. The Morgan fingerprint density at radius 3 is 2.80 bits per heavy atom. The lowest BCUT2D eigenvalue weighted by atomic mass is 10.1. The topological polar surface area (TPSA) is 15.3 Å². The first-order chi connectivity index (χ1) is 7.40. The molecule has 0 aromatic carbocycles. The number of nitrogens with one attached hydrogen (secondary N) is 1. The van der Waals surface area contributed by atoms with E-state index in [0.29, 0.717) is 6.04 Å². The van der Waals surface area contributed by atoms with Crippen LogP contribution in [0.3, 0.4) is 0 Å². The Hall–Kier alpha value is -0.380. The molecule has 0 radical (unpaired) electrons.